The van der Waals surface area contributed by atoms with Gasteiger partial charge in [-0.25, -0.2) is 4.79 Å². The van der Waals surface area contributed by atoms with Crippen LogP contribution < -0.4 is 16.4 Å². The molecule has 6 nitrogen and oxygen atoms in total. The van der Waals surface area contributed by atoms with Crippen molar-refractivity contribution in [3.05, 3.63) is 11.8 Å². The average Bonchev–Trinajstić information content (AvgIpc) is 2.44. The Morgan fingerprint density at radius 2 is 2.33 bits per heavy atom. The Hall–Kier alpha value is -1.56. The molecule has 0 fully saturated rings. The zero-order valence-corrected chi connectivity index (χ0v) is 9.24. The van der Waals surface area contributed by atoms with Crippen LogP contribution in [0.4, 0.5) is 10.6 Å². The maximum absolute atomic E-state index is 11.4. The van der Waals surface area contributed by atoms with Gasteiger partial charge in [0, 0.05) is 31.4 Å². The largest absolute Gasteiger partial charge is 0.336 e. The second-order valence-electron chi connectivity index (χ2n) is 3.63. The summed E-state index contributed by atoms with van der Waals surface area (Å²) in [6.07, 6.45) is 1.78. The van der Waals surface area contributed by atoms with Crippen LogP contribution in [0.15, 0.2) is 6.20 Å². The van der Waals surface area contributed by atoms with Crippen molar-refractivity contribution in [2.75, 3.05) is 5.32 Å². The van der Waals surface area contributed by atoms with Crippen molar-refractivity contribution < 1.29 is 4.79 Å². The zero-order chi connectivity index (χ0) is 11.4. The van der Waals surface area contributed by atoms with Gasteiger partial charge in [-0.1, -0.05) is 0 Å². The number of hydrogen-bond donors (Lipinski definition) is 3. The standard InChI is InChI=1S/C9H17N5O/c1-6(2)11-9(15)12-8-7(4-10)5-14(3)13-8/h5-6H,4,10H2,1-3H3,(H2,11,12,13,15). The summed E-state index contributed by atoms with van der Waals surface area (Å²) in [5, 5.41) is 9.46. The summed E-state index contributed by atoms with van der Waals surface area (Å²) in [5.41, 5.74) is 6.33. The van der Waals surface area contributed by atoms with Crippen LogP contribution in [-0.4, -0.2) is 21.9 Å². The SMILES string of the molecule is CC(C)NC(=O)Nc1nn(C)cc1CN. The van der Waals surface area contributed by atoms with E-state index in [1.807, 2.05) is 13.8 Å². The highest BCUT2D eigenvalue weighted by atomic mass is 16.2. The molecule has 0 saturated carbocycles. The summed E-state index contributed by atoms with van der Waals surface area (Å²) in [6, 6.07) is -0.173. The molecular weight excluding hydrogens is 194 g/mol. The highest BCUT2D eigenvalue weighted by molar-refractivity contribution is 5.89. The van der Waals surface area contributed by atoms with E-state index in [0.717, 1.165) is 5.56 Å². The Labute approximate surface area is 88.8 Å². The number of hydrogen-bond acceptors (Lipinski definition) is 3. The molecule has 0 aliphatic carbocycles. The van der Waals surface area contributed by atoms with Crippen LogP contribution in [0.3, 0.4) is 0 Å². The fourth-order valence-corrected chi connectivity index (χ4v) is 1.20. The van der Waals surface area contributed by atoms with Gasteiger partial charge in [-0.15, -0.1) is 0 Å². The summed E-state index contributed by atoms with van der Waals surface area (Å²) in [7, 11) is 1.78. The zero-order valence-electron chi connectivity index (χ0n) is 9.24. The molecule has 2 amide bonds. The van der Waals surface area contributed by atoms with E-state index < -0.39 is 0 Å². The summed E-state index contributed by atoms with van der Waals surface area (Å²) in [5.74, 6) is 0.512. The minimum atomic E-state index is -0.265. The van der Waals surface area contributed by atoms with E-state index in [-0.39, 0.29) is 12.1 Å². The number of amides is 2. The van der Waals surface area contributed by atoms with Gasteiger partial charge in [0.1, 0.15) is 0 Å². The summed E-state index contributed by atoms with van der Waals surface area (Å²) in [4.78, 5) is 11.4. The minimum Gasteiger partial charge on any atom is -0.336 e. The molecule has 0 radical (unpaired) electrons. The molecule has 1 rings (SSSR count). The number of anilines is 1. The lowest BCUT2D eigenvalue weighted by Gasteiger charge is -2.08. The molecular formula is C9H17N5O. The number of urea groups is 1. The van der Waals surface area contributed by atoms with Gasteiger partial charge in [0.25, 0.3) is 0 Å². The molecule has 15 heavy (non-hydrogen) atoms. The van der Waals surface area contributed by atoms with Gasteiger partial charge < -0.3 is 11.1 Å². The molecule has 6 heteroatoms. The molecule has 0 bridgehead atoms. The van der Waals surface area contributed by atoms with Gasteiger partial charge in [0.15, 0.2) is 5.82 Å². The van der Waals surface area contributed by atoms with Gasteiger partial charge in [-0.3, -0.25) is 10.00 Å². The molecule has 1 heterocycles. The van der Waals surface area contributed by atoms with Crippen LogP contribution >= 0.6 is 0 Å². The first kappa shape index (κ1) is 11.5. The van der Waals surface area contributed by atoms with Crippen LogP contribution in [0.5, 0.6) is 0 Å². The molecule has 0 spiro atoms. The summed E-state index contributed by atoms with van der Waals surface area (Å²) >= 11 is 0. The first-order valence-electron chi connectivity index (χ1n) is 4.83. The maximum Gasteiger partial charge on any atom is 0.320 e. The minimum absolute atomic E-state index is 0.0926. The van der Waals surface area contributed by atoms with Crippen LogP contribution in [-0.2, 0) is 13.6 Å². The van der Waals surface area contributed by atoms with Crippen LogP contribution in [0, 0.1) is 0 Å². The van der Waals surface area contributed by atoms with Crippen LogP contribution in [0.2, 0.25) is 0 Å². The van der Waals surface area contributed by atoms with Crippen molar-refractivity contribution in [3.63, 3.8) is 0 Å². The smallest absolute Gasteiger partial charge is 0.320 e. The Balaban J connectivity index is 2.67. The van der Waals surface area contributed by atoms with Crippen molar-refractivity contribution in [1.29, 1.82) is 0 Å². The molecule has 0 saturated heterocycles. The predicted molar refractivity (Wildman–Crippen MR) is 58.4 cm³/mol. The van der Waals surface area contributed by atoms with Gasteiger partial charge in [0.2, 0.25) is 0 Å². The number of carbonyl (C=O) groups is 1. The first-order valence-corrected chi connectivity index (χ1v) is 4.83. The van der Waals surface area contributed by atoms with Gasteiger partial charge in [0.05, 0.1) is 0 Å². The number of rotatable bonds is 3. The van der Waals surface area contributed by atoms with E-state index in [1.165, 1.54) is 0 Å². The van der Waals surface area contributed by atoms with E-state index in [4.69, 9.17) is 5.73 Å². The number of nitrogens with two attached hydrogens (primary N) is 1. The Kier molecular flexibility index (Phi) is 3.68. The summed E-state index contributed by atoms with van der Waals surface area (Å²) < 4.78 is 1.62. The van der Waals surface area contributed by atoms with Crippen molar-refractivity contribution in [2.45, 2.75) is 26.4 Å². The quantitative estimate of drug-likeness (QED) is 0.677. The normalized spacial score (nSPS) is 10.5. The lowest BCUT2D eigenvalue weighted by Crippen LogP contribution is -2.34. The topological polar surface area (TPSA) is 85.0 Å². The molecule has 0 atom stereocenters. The van der Waals surface area contributed by atoms with Crippen molar-refractivity contribution in [1.82, 2.24) is 15.1 Å². The fraction of sp³-hybridized carbons (Fsp3) is 0.556. The fourth-order valence-electron chi connectivity index (χ4n) is 1.20. The van der Waals surface area contributed by atoms with E-state index in [2.05, 4.69) is 15.7 Å². The summed E-state index contributed by atoms with van der Waals surface area (Å²) in [6.45, 7) is 4.13. The highest BCUT2D eigenvalue weighted by Crippen LogP contribution is 2.10. The van der Waals surface area contributed by atoms with Gasteiger partial charge in [-0.05, 0) is 13.8 Å². The maximum atomic E-state index is 11.4. The van der Waals surface area contributed by atoms with Crippen LogP contribution in [0.25, 0.3) is 0 Å². The number of nitrogens with one attached hydrogen (secondary N) is 2. The third-order valence-electron chi connectivity index (χ3n) is 1.78. The Bertz CT molecular complexity index is 344. The second-order valence-corrected chi connectivity index (χ2v) is 3.63. The number of aromatic nitrogens is 2. The lowest BCUT2D eigenvalue weighted by atomic mass is 10.3. The van der Waals surface area contributed by atoms with E-state index in [1.54, 1.807) is 17.9 Å². The van der Waals surface area contributed by atoms with Crippen molar-refractivity contribution in [3.8, 4) is 0 Å². The number of nitrogens with zero attached hydrogens (tertiary/aromatic N) is 2. The Morgan fingerprint density at radius 3 is 2.87 bits per heavy atom. The molecule has 0 aromatic carbocycles. The second kappa shape index (κ2) is 4.79. The number of aryl methyl sites for hydroxylation is 1. The van der Waals surface area contributed by atoms with Gasteiger partial charge in [-0.2, -0.15) is 5.10 Å². The first-order chi connectivity index (χ1) is 7.02. The molecule has 0 aliphatic heterocycles. The van der Waals surface area contributed by atoms with E-state index in [9.17, 15) is 4.79 Å². The average molecular weight is 211 g/mol. The van der Waals surface area contributed by atoms with Gasteiger partial charge >= 0.3 is 6.03 Å². The molecule has 84 valence electrons. The third-order valence-corrected chi connectivity index (χ3v) is 1.78. The predicted octanol–water partition coefficient (Wildman–Crippen LogP) is 0.409. The highest BCUT2D eigenvalue weighted by Gasteiger charge is 2.09. The van der Waals surface area contributed by atoms with E-state index in [0.29, 0.717) is 12.4 Å². The molecule has 0 unspecified atom stereocenters. The van der Waals surface area contributed by atoms with E-state index >= 15 is 0 Å². The Morgan fingerprint density at radius 1 is 1.67 bits per heavy atom. The molecule has 4 N–H and O–H groups in total. The lowest BCUT2D eigenvalue weighted by molar-refractivity contribution is 0.250. The monoisotopic (exact) mass is 211 g/mol. The molecule has 1 aromatic rings. The third kappa shape index (κ3) is 3.25. The molecule has 1 aromatic heterocycles. The molecule has 0 aliphatic rings. The van der Waals surface area contributed by atoms with Crippen molar-refractivity contribution in [2.24, 2.45) is 12.8 Å². The van der Waals surface area contributed by atoms with Crippen molar-refractivity contribution >= 4 is 11.8 Å². The van der Waals surface area contributed by atoms with Crippen LogP contribution in [0.1, 0.15) is 19.4 Å². The number of carbonyl (C=O) groups excluding carboxylic acids is 1.